The van der Waals surface area contributed by atoms with Gasteiger partial charge in [-0.1, -0.05) is 49.4 Å². The van der Waals surface area contributed by atoms with Gasteiger partial charge < -0.3 is 43.9 Å². The maximum absolute atomic E-state index is 15.3. The molecule has 2 aromatic heterocycles. The first-order valence-electron chi connectivity index (χ1n) is 34.7. The van der Waals surface area contributed by atoms with Crippen LogP contribution in [0, 0.1) is 84.2 Å². The van der Waals surface area contributed by atoms with Gasteiger partial charge in [0.1, 0.15) is 29.0 Å². The first-order chi connectivity index (χ1) is 47.4. The van der Waals surface area contributed by atoms with E-state index in [0.29, 0.717) is 38.0 Å². The molecule has 1 saturated heterocycles. The molecule has 18 nitrogen and oxygen atoms in total. The maximum atomic E-state index is 15.3. The number of halogens is 2. The van der Waals surface area contributed by atoms with Gasteiger partial charge in [-0.15, -0.1) is 0 Å². The van der Waals surface area contributed by atoms with Gasteiger partial charge in [-0.05, 0) is 239 Å². The Morgan fingerprint density at radius 1 is 0.624 bits per heavy atom. The molecule has 3 N–H and O–H groups in total. The second-order valence-electron chi connectivity index (χ2n) is 28.9. The Hall–Kier alpha value is -9.69. The number of carbonyl (C=O) groups excluding carboxylic acids is 5. The number of hydrogen-bond acceptors (Lipinski definition) is 13. The normalized spacial score (nSPS) is 19.9. The van der Waals surface area contributed by atoms with Crippen molar-refractivity contribution in [2.24, 2.45) is 23.7 Å². The third kappa shape index (κ3) is 16.5. The van der Waals surface area contributed by atoms with Gasteiger partial charge in [-0.25, -0.2) is 22.3 Å². The van der Waals surface area contributed by atoms with E-state index in [0.717, 1.165) is 180 Å². The van der Waals surface area contributed by atoms with E-state index in [1.54, 1.807) is 0 Å². The number of anilines is 5. The van der Waals surface area contributed by atoms with Crippen molar-refractivity contribution in [2.45, 2.75) is 190 Å². The van der Waals surface area contributed by atoms with Crippen LogP contribution in [0.1, 0.15) is 191 Å². The van der Waals surface area contributed by atoms with Gasteiger partial charge in [0.15, 0.2) is 0 Å². The fraction of sp³-hybridized carbons (Fsp3) is 0.469. The number of hydrogen-bond donors (Lipinski definition) is 3. The van der Waals surface area contributed by atoms with Crippen molar-refractivity contribution in [1.82, 2.24) is 25.8 Å². The summed E-state index contributed by atoms with van der Waals surface area (Å²) in [6.45, 7) is 36.1. The summed E-state index contributed by atoms with van der Waals surface area (Å²) < 4.78 is 41.3. The van der Waals surface area contributed by atoms with Crippen molar-refractivity contribution in [2.75, 3.05) is 48.5 Å². The second kappa shape index (κ2) is 31.5. The fourth-order valence-corrected chi connectivity index (χ4v) is 14.8. The van der Waals surface area contributed by atoms with E-state index in [-0.39, 0.29) is 67.6 Å². The highest BCUT2D eigenvalue weighted by Crippen LogP contribution is 2.52. The summed E-state index contributed by atoms with van der Waals surface area (Å²) >= 11 is 0. The van der Waals surface area contributed by atoms with E-state index < -0.39 is 41.1 Å². The van der Waals surface area contributed by atoms with E-state index in [9.17, 15) is 28.4 Å². The number of aryl methyl sites for hydroxylation is 6. The third-order valence-corrected chi connectivity index (χ3v) is 20.8. The van der Waals surface area contributed by atoms with Crippen LogP contribution in [0.25, 0.3) is 31.9 Å². The van der Waals surface area contributed by atoms with Crippen molar-refractivity contribution >= 4 is 58.2 Å². The summed E-state index contributed by atoms with van der Waals surface area (Å²) in [6, 6.07) is 31.6. The number of piperidine rings is 1. The number of nitrogens with one attached hydrogen (secondary N) is 3. The summed E-state index contributed by atoms with van der Waals surface area (Å²) in [7, 11) is 0.500. The van der Waals surface area contributed by atoms with Gasteiger partial charge >= 0.3 is 6.09 Å². The van der Waals surface area contributed by atoms with E-state index >= 15 is 4.39 Å². The van der Waals surface area contributed by atoms with E-state index in [1.807, 2.05) is 48.5 Å². The van der Waals surface area contributed by atoms with Gasteiger partial charge in [0.2, 0.25) is 11.8 Å². The molecule has 20 heteroatoms. The summed E-state index contributed by atoms with van der Waals surface area (Å²) in [5, 5.41) is 16.7. The van der Waals surface area contributed by atoms with Crippen LogP contribution in [0.4, 0.5) is 42.0 Å². The molecule has 1 unspecified atom stereocenters. The third-order valence-electron chi connectivity index (χ3n) is 20.8. The van der Waals surface area contributed by atoms with E-state index in [1.165, 1.54) is 17.3 Å². The molecule has 5 fully saturated rings. The lowest BCUT2D eigenvalue weighted by atomic mass is 9.81. The topological polar surface area (TPSA) is 201 Å². The first-order valence-corrected chi connectivity index (χ1v) is 34.7. The molecule has 534 valence electrons. The second-order valence-corrected chi connectivity index (χ2v) is 28.9. The quantitative estimate of drug-likeness (QED) is 0.0542. The molecule has 0 spiro atoms. The highest BCUT2D eigenvalue weighted by atomic mass is 19.1. The monoisotopic (exact) mass is 1380 g/mol. The molecular weight excluding hydrogens is 1280 g/mol. The molecule has 13 rings (SSSR count). The molecule has 7 aromatic rings. The van der Waals surface area contributed by atoms with Crippen molar-refractivity contribution in [3.05, 3.63) is 182 Å². The number of carbonyl (C=O) groups is 5. The van der Waals surface area contributed by atoms with Crippen LogP contribution in [0.15, 0.2) is 106 Å². The van der Waals surface area contributed by atoms with Crippen molar-refractivity contribution in [3.8, 4) is 22.3 Å². The fourth-order valence-electron chi connectivity index (χ4n) is 14.8. The molecule has 0 radical (unpaired) electrons. The van der Waals surface area contributed by atoms with Gasteiger partial charge in [0.25, 0.3) is 22.9 Å². The zero-order chi connectivity index (χ0) is 70.7. The van der Waals surface area contributed by atoms with Crippen LogP contribution >= 0.6 is 0 Å². The number of amides is 5. The van der Waals surface area contributed by atoms with Gasteiger partial charge in [0.05, 0.1) is 35.4 Å². The number of rotatable bonds is 18. The number of alkyl carbamates (subject to hydrolysis) is 1. The van der Waals surface area contributed by atoms with Gasteiger partial charge in [-0.2, -0.15) is 0 Å². The lowest BCUT2D eigenvalue weighted by Crippen LogP contribution is -2.54. The number of nitrogens with zero attached hydrogens (tertiary/aromatic N) is 7. The molecule has 5 amide bonds. The summed E-state index contributed by atoms with van der Waals surface area (Å²) in [4.78, 5) is 76.2. The first kappa shape index (κ1) is 75.5. The minimum absolute atomic E-state index is 0. The van der Waals surface area contributed by atoms with Crippen molar-refractivity contribution in [1.29, 1.82) is 0 Å². The molecule has 1 atom stereocenters. The van der Waals surface area contributed by atoms with Crippen LogP contribution in [0.2, 0.25) is 0 Å². The van der Waals surface area contributed by atoms with Crippen LogP contribution in [-0.4, -0.2) is 89.9 Å². The molecule has 5 aromatic carbocycles. The lowest BCUT2D eigenvalue weighted by Gasteiger charge is -2.35. The van der Waals surface area contributed by atoms with Gasteiger partial charge in [0, 0.05) is 103 Å². The maximum Gasteiger partial charge on any atom is 0.407 e. The minimum Gasteiger partial charge on any atom is -0.444 e. The van der Waals surface area contributed by atoms with Crippen LogP contribution in [0.5, 0.6) is 0 Å². The Morgan fingerprint density at radius 3 is 1.45 bits per heavy atom. The molecular formula is C81H98F2N10O8. The standard InChI is InChI=1S/C43H43FN6O5.C35H44N4O3.CH3F.2CH4/c1-24-5-10-29(39-25(2)48-55-26(39)3)19-37(24)49(31-13-11-30(12-14-31)43(45-4)17-18-43)23-28-8-6-27(7-9-28)22-46-35-21-33-32(20-34(35)44)41(53)50(42(33)54)36-15-16-38(51)47-40(36)52;1-23-8-13-28(32-24(2)38-42-25(32)3)20-31(23)39(30-16-14-29(15-17-30)35(36-7)18-19-35)22-27-11-9-26(10-12-27)21-37-33(40)41-34(4,5)6;1-2;;/h5,10-14,19-21,27-28,36,46H,6-9,15-18,22-23H2,1-3H3,(H,47,51,52);8,13-17,20,26-27H,9-12,18-19,21-22H2,1-6H3,(H,37,40);1H3;2*1H4. The molecule has 101 heavy (non-hydrogen) atoms. The minimum atomic E-state index is -1.11. The Kier molecular flexibility index (Phi) is 23.5. The predicted octanol–water partition coefficient (Wildman–Crippen LogP) is 18.3. The Balaban J connectivity index is 0.000000233. The smallest absolute Gasteiger partial charge is 0.407 e. The van der Waals surface area contributed by atoms with Crippen LogP contribution in [0.3, 0.4) is 0 Å². The number of aromatic nitrogens is 2. The molecule has 0 bridgehead atoms. The summed E-state index contributed by atoms with van der Waals surface area (Å²) in [5.41, 5.74) is 13.9. The zero-order valence-corrected chi connectivity index (χ0v) is 58.5. The largest absolute Gasteiger partial charge is 0.444 e. The average molecular weight is 1380 g/mol. The molecule has 6 aliphatic rings. The molecule has 4 aliphatic carbocycles. The lowest BCUT2D eigenvalue weighted by molar-refractivity contribution is -0.136. The zero-order valence-electron chi connectivity index (χ0n) is 58.5. The SMILES string of the molecule is C.C.CF.[C-]#[N+]C1(c2ccc(N(CC3CCC(CNC(=O)OC(C)(C)C)CC3)c3cc(-c4c(C)noc4C)ccc3C)cc2)CC1.[C-]#[N+]C1(c2ccc(N(CC3CCC(CNc4cc5c(cc4F)C(=O)N(C4CCC(=O)NC4=O)C5=O)CC3)c3cc(-c4c(C)noc4C)ccc3C)cc2)CC1. The van der Waals surface area contributed by atoms with E-state index in [2.05, 4.69) is 145 Å². The number of benzene rings is 5. The van der Waals surface area contributed by atoms with Crippen LogP contribution < -0.4 is 25.8 Å². The highest BCUT2D eigenvalue weighted by Gasteiger charge is 2.53. The Bertz CT molecular complexity index is 4210. The van der Waals surface area contributed by atoms with Crippen molar-refractivity contribution in [3.63, 3.8) is 0 Å². The number of fused-ring (bicyclic) bond motifs is 1. The van der Waals surface area contributed by atoms with E-state index in [4.69, 9.17) is 26.9 Å². The Morgan fingerprint density at radius 2 is 1.05 bits per heavy atom. The highest BCUT2D eigenvalue weighted by molar-refractivity contribution is 6.23. The summed E-state index contributed by atoms with van der Waals surface area (Å²) in [5.74, 6) is 0.0821. The summed E-state index contributed by atoms with van der Waals surface area (Å²) in [6.07, 6.45) is 11.6. The number of imide groups is 2. The van der Waals surface area contributed by atoms with Crippen molar-refractivity contribution < 1.29 is 46.5 Å². The number of alkyl halides is 1. The molecule has 4 heterocycles. The molecule has 4 saturated carbocycles. The number of ether oxygens (including phenoxy) is 1. The van der Waals surface area contributed by atoms with Gasteiger partial charge in [-0.3, -0.25) is 33.8 Å². The van der Waals surface area contributed by atoms with Crippen LogP contribution in [-0.2, 0) is 25.4 Å². The average Bonchev–Trinajstić information content (AvgIpc) is 1.53. The Labute approximate surface area is 594 Å². The predicted molar refractivity (Wildman–Crippen MR) is 391 cm³/mol. The molecule has 2 aliphatic heterocycles.